The van der Waals surface area contributed by atoms with E-state index in [4.69, 9.17) is 5.73 Å². The Morgan fingerprint density at radius 2 is 1.81 bits per heavy atom. The maximum atomic E-state index is 11.3. The van der Waals surface area contributed by atoms with Crippen molar-refractivity contribution in [3.05, 3.63) is 53.6 Å². The van der Waals surface area contributed by atoms with Gasteiger partial charge < -0.3 is 10.6 Å². The third-order valence-electron chi connectivity index (χ3n) is 4.13. The SMILES string of the molecule is CC(=O)c1ccc(-c2ccc3c(c2)CCN3C(C)N)cc1. The molecule has 1 unspecified atom stereocenters. The first-order chi connectivity index (χ1) is 10.1. The van der Waals surface area contributed by atoms with Crippen LogP contribution in [0.2, 0.25) is 0 Å². The maximum Gasteiger partial charge on any atom is 0.159 e. The molecule has 3 heteroatoms. The predicted molar refractivity (Wildman–Crippen MR) is 86.6 cm³/mol. The Balaban J connectivity index is 1.93. The Hall–Kier alpha value is -2.13. The molecule has 1 atom stereocenters. The first-order valence-corrected chi connectivity index (χ1v) is 7.33. The number of carbonyl (C=O) groups excluding carboxylic acids is 1. The molecule has 0 bridgehead atoms. The molecule has 0 spiro atoms. The molecule has 2 N–H and O–H groups in total. The van der Waals surface area contributed by atoms with Crippen LogP contribution >= 0.6 is 0 Å². The molecule has 2 aromatic carbocycles. The molecule has 0 saturated heterocycles. The van der Waals surface area contributed by atoms with E-state index in [1.807, 2.05) is 31.2 Å². The molecule has 3 rings (SSSR count). The fourth-order valence-corrected chi connectivity index (χ4v) is 2.93. The summed E-state index contributed by atoms with van der Waals surface area (Å²) in [5.74, 6) is 0.100. The number of ketones is 1. The number of benzene rings is 2. The summed E-state index contributed by atoms with van der Waals surface area (Å²) in [6.07, 6.45) is 1.09. The van der Waals surface area contributed by atoms with E-state index in [1.54, 1.807) is 6.92 Å². The number of rotatable bonds is 3. The zero-order valence-corrected chi connectivity index (χ0v) is 12.5. The molecule has 0 saturated carbocycles. The second kappa shape index (κ2) is 5.34. The van der Waals surface area contributed by atoms with Crippen LogP contribution in [0.5, 0.6) is 0 Å². The molecule has 0 amide bonds. The van der Waals surface area contributed by atoms with Crippen LogP contribution in [0, 0.1) is 0 Å². The van der Waals surface area contributed by atoms with Gasteiger partial charge in [-0.05, 0) is 49.1 Å². The normalized spacial score (nSPS) is 14.9. The van der Waals surface area contributed by atoms with Crippen molar-refractivity contribution >= 4 is 11.5 Å². The Kier molecular flexibility index (Phi) is 3.52. The number of carbonyl (C=O) groups is 1. The van der Waals surface area contributed by atoms with Gasteiger partial charge in [0.1, 0.15) is 0 Å². The first kappa shape index (κ1) is 13.8. The smallest absolute Gasteiger partial charge is 0.159 e. The van der Waals surface area contributed by atoms with E-state index in [0.29, 0.717) is 0 Å². The van der Waals surface area contributed by atoms with Crippen molar-refractivity contribution in [1.82, 2.24) is 0 Å². The number of nitrogens with zero attached hydrogens (tertiary/aromatic N) is 1. The van der Waals surface area contributed by atoms with E-state index in [2.05, 4.69) is 23.1 Å². The van der Waals surface area contributed by atoms with Crippen LogP contribution in [0.15, 0.2) is 42.5 Å². The molecule has 21 heavy (non-hydrogen) atoms. The maximum absolute atomic E-state index is 11.3. The summed E-state index contributed by atoms with van der Waals surface area (Å²) >= 11 is 0. The molecule has 108 valence electrons. The third kappa shape index (κ3) is 2.57. The van der Waals surface area contributed by atoms with Crippen LogP contribution in [0.1, 0.15) is 29.8 Å². The number of Topliss-reactive ketones (excluding diaryl/α,β-unsaturated/α-hetero) is 1. The zero-order valence-electron chi connectivity index (χ0n) is 12.5. The molecular weight excluding hydrogens is 260 g/mol. The number of hydrogen-bond donors (Lipinski definition) is 1. The van der Waals surface area contributed by atoms with Gasteiger partial charge in [-0.25, -0.2) is 0 Å². The van der Waals surface area contributed by atoms with Gasteiger partial charge in [0.15, 0.2) is 5.78 Å². The van der Waals surface area contributed by atoms with E-state index < -0.39 is 0 Å². The minimum absolute atomic E-state index is 0.0481. The lowest BCUT2D eigenvalue weighted by Gasteiger charge is -2.23. The van der Waals surface area contributed by atoms with Crippen molar-refractivity contribution in [2.24, 2.45) is 5.73 Å². The largest absolute Gasteiger partial charge is 0.356 e. The number of nitrogens with two attached hydrogens (primary N) is 1. The lowest BCUT2D eigenvalue weighted by Crippen LogP contribution is -2.38. The summed E-state index contributed by atoms with van der Waals surface area (Å²) in [6, 6.07) is 14.3. The Bertz CT molecular complexity index is 674. The highest BCUT2D eigenvalue weighted by molar-refractivity contribution is 5.94. The van der Waals surface area contributed by atoms with Crippen LogP contribution in [0.3, 0.4) is 0 Å². The highest BCUT2D eigenvalue weighted by Crippen LogP contribution is 2.32. The molecule has 1 heterocycles. The van der Waals surface area contributed by atoms with Crippen molar-refractivity contribution in [3.8, 4) is 11.1 Å². The summed E-state index contributed by atoms with van der Waals surface area (Å²) < 4.78 is 0. The third-order valence-corrected chi connectivity index (χ3v) is 4.13. The lowest BCUT2D eigenvalue weighted by molar-refractivity contribution is 0.101. The van der Waals surface area contributed by atoms with Gasteiger partial charge in [-0.15, -0.1) is 0 Å². The summed E-state index contributed by atoms with van der Waals surface area (Å²) in [5, 5.41) is 0. The average Bonchev–Trinajstić information content (AvgIpc) is 2.90. The number of anilines is 1. The molecule has 0 fully saturated rings. The Labute approximate surface area is 125 Å². The highest BCUT2D eigenvalue weighted by Gasteiger charge is 2.21. The monoisotopic (exact) mass is 280 g/mol. The molecular formula is C18H20N2O. The van der Waals surface area contributed by atoms with Gasteiger partial charge in [0, 0.05) is 17.8 Å². The molecule has 1 aliphatic rings. The van der Waals surface area contributed by atoms with Gasteiger partial charge in [0.05, 0.1) is 6.17 Å². The van der Waals surface area contributed by atoms with Gasteiger partial charge in [-0.3, -0.25) is 4.79 Å². The fraction of sp³-hybridized carbons (Fsp3) is 0.278. The predicted octanol–water partition coefficient (Wildman–Crippen LogP) is 3.22. The van der Waals surface area contributed by atoms with E-state index >= 15 is 0 Å². The molecule has 0 radical (unpaired) electrons. The van der Waals surface area contributed by atoms with E-state index in [-0.39, 0.29) is 11.9 Å². The quantitative estimate of drug-likeness (QED) is 0.878. The topological polar surface area (TPSA) is 46.3 Å². The van der Waals surface area contributed by atoms with Crippen LogP contribution in [-0.2, 0) is 6.42 Å². The van der Waals surface area contributed by atoms with E-state index in [1.165, 1.54) is 16.8 Å². The molecule has 2 aromatic rings. The first-order valence-electron chi connectivity index (χ1n) is 7.33. The van der Waals surface area contributed by atoms with Gasteiger partial charge in [-0.1, -0.05) is 30.3 Å². The van der Waals surface area contributed by atoms with Crippen LogP contribution in [0.4, 0.5) is 5.69 Å². The summed E-state index contributed by atoms with van der Waals surface area (Å²) in [6.45, 7) is 4.59. The molecule has 0 aliphatic carbocycles. The van der Waals surface area contributed by atoms with Gasteiger partial charge in [0.25, 0.3) is 0 Å². The molecule has 0 aromatic heterocycles. The summed E-state index contributed by atoms with van der Waals surface area (Å²) in [7, 11) is 0. The standard InChI is InChI=1S/C18H20N2O/c1-12(21)14-3-5-15(6-4-14)16-7-8-18-17(11-16)9-10-20(18)13(2)19/h3-8,11,13H,9-10,19H2,1-2H3. The number of fused-ring (bicyclic) bond motifs is 1. The fourth-order valence-electron chi connectivity index (χ4n) is 2.93. The van der Waals surface area contributed by atoms with Crippen molar-refractivity contribution in [1.29, 1.82) is 0 Å². The average molecular weight is 280 g/mol. The molecule has 3 nitrogen and oxygen atoms in total. The van der Waals surface area contributed by atoms with Crippen molar-refractivity contribution < 1.29 is 4.79 Å². The van der Waals surface area contributed by atoms with Crippen molar-refractivity contribution in [2.45, 2.75) is 26.4 Å². The van der Waals surface area contributed by atoms with Crippen LogP contribution in [0.25, 0.3) is 11.1 Å². The Morgan fingerprint density at radius 3 is 2.43 bits per heavy atom. The lowest BCUT2D eigenvalue weighted by atomic mass is 10.00. The second-order valence-corrected chi connectivity index (χ2v) is 5.66. The second-order valence-electron chi connectivity index (χ2n) is 5.66. The van der Waals surface area contributed by atoms with Crippen molar-refractivity contribution in [2.75, 3.05) is 11.4 Å². The molecule has 1 aliphatic heterocycles. The highest BCUT2D eigenvalue weighted by atomic mass is 16.1. The van der Waals surface area contributed by atoms with E-state index in [0.717, 1.165) is 24.1 Å². The zero-order chi connectivity index (χ0) is 15.0. The van der Waals surface area contributed by atoms with Gasteiger partial charge >= 0.3 is 0 Å². The van der Waals surface area contributed by atoms with Crippen LogP contribution < -0.4 is 10.6 Å². The van der Waals surface area contributed by atoms with E-state index in [9.17, 15) is 4.79 Å². The van der Waals surface area contributed by atoms with Crippen LogP contribution in [-0.4, -0.2) is 18.5 Å². The Morgan fingerprint density at radius 1 is 1.14 bits per heavy atom. The number of hydrogen-bond acceptors (Lipinski definition) is 3. The van der Waals surface area contributed by atoms with Gasteiger partial charge in [0.2, 0.25) is 0 Å². The minimum Gasteiger partial charge on any atom is -0.356 e. The summed E-state index contributed by atoms with van der Waals surface area (Å²) in [5.41, 5.74) is 11.7. The summed E-state index contributed by atoms with van der Waals surface area (Å²) in [4.78, 5) is 13.6. The minimum atomic E-state index is 0.0481. The van der Waals surface area contributed by atoms with Gasteiger partial charge in [-0.2, -0.15) is 0 Å². The van der Waals surface area contributed by atoms with Crippen molar-refractivity contribution in [3.63, 3.8) is 0 Å².